The van der Waals surface area contributed by atoms with Crippen molar-refractivity contribution < 1.29 is 26.4 Å². The van der Waals surface area contributed by atoms with Gasteiger partial charge in [0.1, 0.15) is 4.90 Å². The van der Waals surface area contributed by atoms with Crippen molar-refractivity contribution in [1.29, 1.82) is 0 Å². The molecule has 6 nitrogen and oxygen atoms in total. The maximum absolute atomic E-state index is 13.7. The highest BCUT2D eigenvalue weighted by Gasteiger charge is 2.30. The molecule has 1 N–H and O–H groups in total. The third-order valence-corrected chi connectivity index (χ3v) is 5.34. The minimum absolute atomic E-state index is 0.437. The molecule has 0 aromatic heterocycles. The number of benzene rings is 1. The zero-order valence-electron chi connectivity index (χ0n) is 12.4. The van der Waals surface area contributed by atoms with E-state index in [9.17, 15) is 26.4 Å². The summed E-state index contributed by atoms with van der Waals surface area (Å²) in [5.41, 5.74) is 0. The fourth-order valence-electron chi connectivity index (χ4n) is 2.16. The molecule has 1 aliphatic heterocycles. The molecule has 0 unspecified atom stereocenters. The van der Waals surface area contributed by atoms with Gasteiger partial charge in [0.05, 0.1) is 6.54 Å². The number of nitrogens with zero attached hydrogens (tertiary/aromatic N) is 2. The molecule has 23 heavy (non-hydrogen) atoms. The highest BCUT2D eigenvalue weighted by Crippen LogP contribution is 2.22. The number of carbonyl (C=O) groups excluding carboxylic acids is 1. The topological polar surface area (TPSA) is 69.7 Å². The summed E-state index contributed by atoms with van der Waals surface area (Å²) in [4.78, 5) is 12.5. The molecule has 1 amide bonds. The van der Waals surface area contributed by atoms with Gasteiger partial charge in [-0.25, -0.2) is 21.6 Å². The van der Waals surface area contributed by atoms with Crippen LogP contribution in [0.25, 0.3) is 0 Å². The Morgan fingerprint density at radius 3 is 2.43 bits per heavy atom. The number of amides is 1. The number of rotatable bonds is 4. The summed E-state index contributed by atoms with van der Waals surface area (Å²) in [5, 5.41) is 3.05. The van der Waals surface area contributed by atoms with Crippen LogP contribution in [0.15, 0.2) is 17.0 Å². The molecule has 0 aliphatic carbocycles. The molecule has 0 radical (unpaired) electrons. The van der Waals surface area contributed by atoms with E-state index < -0.39 is 44.8 Å². The van der Waals surface area contributed by atoms with Crippen LogP contribution in [0.1, 0.15) is 0 Å². The second kappa shape index (κ2) is 6.85. The van der Waals surface area contributed by atoms with Crippen LogP contribution in [0.2, 0.25) is 0 Å². The normalized spacial score (nSPS) is 16.0. The van der Waals surface area contributed by atoms with Gasteiger partial charge < -0.3 is 10.2 Å². The molecule has 1 saturated heterocycles. The molecule has 1 aromatic carbocycles. The van der Waals surface area contributed by atoms with E-state index in [1.165, 1.54) is 4.90 Å². The standard InChI is InChI=1S/C13H16F3N3O3S/c1-18(8-11(20)19-6-4-17-5-7-19)23(21,22)10-3-2-9(14)12(15)13(10)16/h2-3,17H,4-8H2,1H3. The first-order chi connectivity index (χ1) is 10.7. The number of likely N-dealkylation sites (N-methyl/N-ethyl adjacent to an activating group) is 1. The lowest BCUT2D eigenvalue weighted by Gasteiger charge is -2.29. The minimum atomic E-state index is -4.45. The van der Waals surface area contributed by atoms with Crippen molar-refractivity contribution in [3.05, 3.63) is 29.6 Å². The van der Waals surface area contributed by atoms with E-state index in [1.54, 1.807) is 0 Å². The van der Waals surface area contributed by atoms with Crippen LogP contribution >= 0.6 is 0 Å². The van der Waals surface area contributed by atoms with Crippen LogP contribution in [0.4, 0.5) is 13.2 Å². The Bertz CT molecular complexity index is 706. The van der Waals surface area contributed by atoms with E-state index in [2.05, 4.69) is 5.32 Å². The molecule has 128 valence electrons. The van der Waals surface area contributed by atoms with Gasteiger partial charge in [0.2, 0.25) is 15.9 Å². The molecule has 1 heterocycles. The highest BCUT2D eigenvalue weighted by molar-refractivity contribution is 7.89. The van der Waals surface area contributed by atoms with Crippen molar-refractivity contribution in [3.8, 4) is 0 Å². The van der Waals surface area contributed by atoms with Gasteiger partial charge in [-0.15, -0.1) is 0 Å². The minimum Gasteiger partial charge on any atom is -0.339 e. The fourth-order valence-corrected chi connectivity index (χ4v) is 3.34. The second-order valence-corrected chi connectivity index (χ2v) is 7.08. The van der Waals surface area contributed by atoms with E-state index in [1.807, 2.05) is 0 Å². The summed E-state index contributed by atoms with van der Waals surface area (Å²) in [6.45, 7) is 1.55. The van der Waals surface area contributed by atoms with Crippen molar-refractivity contribution in [2.45, 2.75) is 4.90 Å². The molecule has 1 aliphatic rings. The fraction of sp³-hybridized carbons (Fsp3) is 0.462. The van der Waals surface area contributed by atoms with Crippen molar-refractivity contribution in [1.82, 2.24) is 14.5 Å². The molecule has 0 saturated carbocycles. The lowest BCUT2D eigenvalue weighted by atomic mass is 10.3. The average molecular weight is 351 g/mol. The van der Waals surface area contributed by atoms with Crippen molar-refractivity contribution in [2.24, 2.45) is 0 Å². The molecule has 2 rings (SSSR count). The molecule has 1 fully saturated rings. The van der Waals surface area contributed by atoms with E-state index in [-0.39, 0.29) is 0 Å². The Labute approximate surface area is 131 Å². The van der Waals surface area contributed by atoms with E-state index in [0.717, 1.165) is 7.05 Å². The monoisotopic (exact) mass is 351 g/mol. The smallest absolute Gasteiger partial charge is 0.246 e. The van der Waals surface area contributed by atoms with Gasteiger partial charge in [-0.1, -0.05) is 0 Å². The number of sulfonamides is 1. The van der Waals surface area contributed by atoms with Gasteiger partial charge in [-0.05, 0) is 12.1 Å². The van der Waals surface area contributed by atoms with E-state index in [4.69, 9.17) is 0 Å². The Morgan fingerprint density at radius 1 is 1.22 bits per heavy atom. The number of nitrogens with one attached hydrogen (secondary N) is 1. The summed E-state index contributed by atoms with van der Waals surface area (Å²) in [6, 6.07) is 1.16. The summed E-state index contributed by atoms with van der Waals surface area (Å²) >= 11 is 0. The van der Waals surface area contributed by atoms with Gasteiger partial charge in [0.15, 0.2) is 17.5 Å². The predicted molar refractivity (Wildman–Crippen MR) is 75.6 cm³/mol. The van der Waals surface area contributed by atoms with Gasteiger partial charge in [-0.3, -0.25) is 4.79 Å². The van der Waals surface area contributed by atoms with Gasteiger partial charge in [0.25, 0.3) is 0 Å². The largest absolute Gasteiger partial charge is 0.339 e. The average Bonchev–Trinajstić information content (AvgIpc) is 2.53. The second-order valence-electron chi connectivity index (χ2n) is 5.07. The Hall–Kier alpha value is -1.65. The molecular weight excluding hydrogens is 335 g/mol. The van der Waals surface area contributed by atoms with Crippen molar-refractivity contribution >= 4 is 15.9 Å². The quantitative estimate of drug-likeness (QED) is 0.785. The van der Waals surface area contributed by atoms with Gasteiger partial charge >= 0.3 is 0 Å². The van der Waals surface area contributed by atoms with Crippen molar-refractivity contribution in [3.63, 3.8) is 0 Å². The number of piperazine rings is 1. The van der Waals surface area contributed by atoms with Crippen LogP contribution in [0, 0.1) is 17.5 Å². The first kappa shape index (κ1) is 17.7. The summed E-state index contributed by atoms with van der Waals surface area (Å²) in [5.74, 6) is -5.60. The maximum atomic E-state index is 13.7. The van der Waals surface area contributed by atoms with E-state index in [0.29, 0.717) is 42.6 Å². The van der Waals surface area contributed by atoms with E-state index >= 15 is 0 Å². The Balaban J connectivity index is 2.19. The van der Waals surface area contributed by atoms with Crippen molar-refractivity contribution in [2.75, 3.05) is 39.8 Å². The molecule has 10 heteroatoms. The number of hydrogen-bond donors (Lipinski definition) is 1. The number of halogens is 3. The maximum Gasteiger partial charge on any atom is 0.246 e. The Morgan fingerprint density at radius 2 is 1.83 bits per heavy atom. The molecule has 0 atom stereocenters. The molecule has 0 spiro atoms. The summed E-state index contributed by atoms with van der Waals surface area (Å²) < 4.78 is 64.9. The predicted octanol–water partition coefficient (Wildman–Crippen LogP) is 0.156. The first-order valence-corrected chi connectivity index (χ1v) is 8.27. The Kier molecular flexibility index (Phi) is 5.27. The number of hydrogen-bond acceptors (Lipinski definition) is 4. The molecular formula is C13H16F3N3O3S. The van der Waals surface area contributed by atoms with Gasteiger partial charge in [0, 0.05) is 33.2 Å². The van der Waals surface area contributed by atoms with Crippen LogP contribution in [-0.2, 0) is 14.8 Å². The number of carbonyl (C=O) groups is 1. The van der Waals surface area contributed by atoms with Crippen LogP contribution in [0.3, 0.4) is 0 Å². The zero-order valence-corrected chi connectivity index (χ0v) is 13.2. The summed E-state index contributed by atoms with van der Waals surface area (Å²) in [6.07, 6.45) is 0. The summed E-state index contributed by atoms with van der Waals surface area (Å²) in [7, 11) is -3.37. The van der Waals surface area contributed by atoms with Crippen LogP contribution < -0.4 is 5.32 Å². The van der Waals surface area contributed by atoms with Crippen LogP contribution in [0.5, 0.6) is 0 Å². The third-order valence-electron chi connectivity index (χ3n) is 3.52. The van der Waals surface area contributed by atoms with Gasteiger partial charge in [-0.2, -0.15) is 4.31 Å². The molecule has 1 aromatic rings. The lowest BCUT2D eigenvalue weighted by molar-refractivity contribution is -0.131. The lowest BCUT2D eigenvalue weighted by Crippen LogP contribution is -2.49. The first-order valence-electron chi connectivity index (χ1n) is 6.83. The third kappa shape index (κ3) is 3.65. The SMILES string of the molecule is CN(CC(=O)N1CCNCC1)S(=O)(=O)c1ccc(F)c(F)c1F. The highest BCUT2D eigenvalue weighted by atomic mass is 32.2. The zero-order chi connectivity index (χ0) is 17.2. The van der Waals surface area contributed by atoms with Crippen LogP contribution in [-0.4, -0.2) is 63.3 Å². The molecule has 0 bridgehead atoms.